The Hall–Kier alpha value is -3.14. The summed E-state index contributed by atoms with van der Waals surface area (Å²) in [6.45, 7) is -0.605. The number of H-pyrrole nitrogens is 1. The van der Waals surface area contributed by atoms with Gasteiger partial charge in [0.25, 0.3) is 0 Å². The fraction of sp³-hybridized carbons (Fsp3) is 0.478. The quantitative estimate of drug-likeness (QED) is 0.452. The van der Waals surface area contributed by atoms with Gasteiger partial charge in [0, 0.05) is 24.4 Å². The Morgan fingerprint density at radius 3 is 2.27 bits per heavy atom. The molecule has 8 nitrogen and oxygen atoms in total. The van der Waals surface area contributed by atoms with Crippen LogP contribution in [0.4, 0.5) is 14.6 Å². The Morgan fingerprint density at radius 2 is 1.73 bits per heavy atom. The first-order valence-electron chi connectivity index (χ1n) is 11.1. The maximum atomic E-state index is 12.7. The average Bonchev–Trinajstić information content (AvgIpc) is 3.27. The van der Waals surface area contributed by atoms with Crippen LogP contribution in [0.3, 0.4) is 0 Å². The molecule has 0 atom stereocenters. The van der Waals surface area contributed by atoms with E-state index in [0.717, 1.165) is 5.92 Å². The third-order valence-corrected chi connectivity index (χ3v) is 5.20. The van der Waals surface area contributed by atoms with Gasteiger partial charge < -0.3 is 15.8 Å². The molecule has 4 N–H and O–H groups in total. The van der Waals surface area contributed by atoms with Crippen LogP contribution in [-0.2, 0) is 0 Å². The van der Waals surface area contributed by atoms with Crippen molar-refractivity contribution in [2.45, 2.75) is 52.1 Å². The summed E-state index contributed by atoms with van der Waals surface area (Å²) in [5.41, 5.74) is 6.32. The molecule has 0 aromatic carbocycles. The minimum absolute atomic E-state index is 0.196. The summed E-state index contributed by atoms with van der Waals surface area (Å²) in [5.74, 6) is 1.42. The van der Waals surface area contributed by atoms with Crippen LogP contribution in [0.25, 0.3) is 22.5 Å². The Morgan fingerprint density at radius 1 is 1.03 bits per heavy atom. The first kappa shape index (κ1) is 26.1. The third kappa shape index (κ3) is 8.38. The van der Waals surface area contributed by atoms with Crippen molar-refractivity contribution < 1.29 is 13.5 Å². The molecule has 33 heavy (non-hydrogen) atoms. The second-order valence-electron chi connectivity index (χ2n) is 7.57. The molecule has 1 saturated carbocycles. The summed E-state index contributed by atoms with van der Waals surface area (Å²) in [5, 5.41) is 17.2. The fourth-order valence-electron chi connectivity index (χ4n) is 3.46. The Kier molecular flexibility index (Phi) is 11.2. The van der Waals surface area contributed by atoms with Gasteiger partial charge in [-0.05, 0) is 37.2 Å². The maximum Gasteiger partial charge on any atom is 0.388 e. The molecule has 3 aromatic rings. The number of nitrogens with one attached hydrogen (secondary N) is 2. The van der Waals surface area contributed by atoms with Gasteiger partial charge >= 0.3 is 6.61 Å². The minimum Gasteiger partial charge on any atom is -0.416 e. The molecule has 0 radical (unpaired) electrons. The number of aromatic amines is 1. The molecular weight excluding hydrogens is 428 g/mol. The van der Waals surface area contributed by atoms with E-state index in [-0.39, 0.29) is 5.88 Å². The lowest BCUT2D eigenvalue weighted by atomic mass is 10.0. The normalized spacial score (nSPS) is 13.8. The predicted molar refractivity (Wildman–Crippen MR) is 126 cm³/mol. The lowest BCUT2D eigenvalue weighted by Crippen LogP contribution is -2.06. The number of alkyl halides is 2. The van der Waals surface area contributed by atoms with Gasteiger partial charge in [0.1, 0.15) is 11.5 Å². The van der Waals surface area contributed by atoms with Crippen molar-refractivity contribution in [1.82, 2.24) is 25.4 Å². The SMILES string of the molecule is CC1CCCCCC1.CN.CNc1ccc(-c2ccc(-c3cn[nH]c3)c(OC(F)F)n2)nn1. The predicted octanol–water partition coefficient (Wildman–Crippen LogP) is 5.12. The van der Waals surface area contributed by atoms with Crippen molar-refractivity contribution >= 4 is 5.82 Å². The summed E-state index contributed by atoms with van der Waals surface area (Å²) >= 11 is 0. The lowest BCUT2D eigenvalue weighted by molar-refractivity contribution is -0.0523. The molecule has 0 amide bonds. The number of hydrogen-bond donors (Lipinski definition) is 3. The number of aromatic nitrogens is 5. The van der Waals surface area contributed by atoms with Crippen molar-refractivity contribution in [3.05, 3.63) is 36.7 Å². The second-order valence-corrected chi connectivity index (χ2v) is 7.57. The van der Waals surface area contributed by atoms with Gasteiger partial charge in [0.05, 0.1) is 11.9 Å². The van der Waals surface area contributed by atoms with Crippen molar-refractivity contribution in [3.63, 3.8) is 0 Å². The van der Waals surface area contributed by atoms with Crippen molar-refractivity contribution in [3.8, 4) is 28.4 Å². The molecule has 3 aromatic heterocycles. The summed E-state index contributed by atoms with van der Waals surface area (Å²) in [7, 11) is 3.22. The van der Waals surface area contributed by atoms with Crippen LogP contribution in [0.2, 0.25) is 0 Å². The highest BCUT2D eigenvalue weighted by Crippen LogP contribution is 2.31. The summed E-state index contributed by atoms with van der Waals surface area (Å²) in [6.07, 6.45) is 12.0. The molecule has 4 rings (SSSR count). The number of anilines is 1. The maximum absolute atomic E-state index is 12.7. The standard InChI is InChI=1S/C14H12F2N6O.C8H16.CH5N/c1-17-12-5-4-11(21-22-12)10-3-2-9(8-6-18-19-7-8)13(20-10)23-14(15)16;1-8-6-4-2-3-5-7-8;1-2/h2-7,14H,1H3,(H,17,22)(H,18,19);8H,2-7H2,1H3;2H2,1H3. The van der Waals surface area contributed by atoms with Crippen LogP contribution >= 0.6 is 0 Å². The van der Waals surface area contributed by atoms with E-state index >= 15 is 0 Å². The number of ether oxygens (including phenoxy) is 1. The molecule has 0 spiro atoms. The largest absolute Gasteiger partial charge is 0.416 e. The van der Waals surface area contributed by atoms with Crippen LogP contribution in [0.15, 0.2) is 36.7 Å². The Labute approximate surface area is 193 Å². The minimum atomic E-state index is -2.99. The molecule has 1 aliphatic carbocycles. The zero-order chi connectivity index (χ0) is 24.1. The van der Waals surface area contributed by atoms with E-state index in [1.165, 1.54) is 51.8 Å². The van der Waals surface area contributed by atoms with Gasteiger partial charge in [-0.25, -0.2) is 4.98 Å². The Bertz CT molecular complexity index is 913. The summed E-state index contributed by atoms with van der Waals surface area (Å²) in [6, 6.07) is 6.68. The van der Waals surface area contributed by atoms with Gasteiger partial charge in [-0.1, -0.05) is 45.4 Å². The van der Waals surface area contributed by atoms with Gasteiger partial charge in [0.2, 0.25) is 5.88 Å². The number of hydrogen-bond acceptors (Lipinski definition) is 7. The fourth-order valence-corrected chi connectivity index (χ4v) is 3.46. The lowest BCUT2D eigenvalue weighted by Gasteiger charge is -2.10. The van der Waals surface area contributed by atoms with E-state index in [9.17, 15) is 8.78 Å². The topological polar surface area (TPSA) is 115 Å². The summed E-state index contributed by atoms with van der Waals surface area (Å²) < 4.78 is 29.8. The van der Waals surface area contributed by atoms with Gasteiger partial charge in [-0.2, -0.15) is 13.9 Å². The van der Waals surface area contributed by atoms with E-state index in [2.05, 4.69) is 48.1 Å². The highest BCUT2D eigenvalue weighted by Gasteiger charge is 2.16. The van der Waals surface area contributed by atoms with E-state index in [0.29, 0.717) is 28.3 Å². The molecule has 180 valence electrons. The molecule has 3 heterocycles. The zero-order valence-electron chi connectivity index (χ0n) is 19.4. The van der Waals surface area contributed by atoms with Crippen LogP contribution in [0.5, 0.6) is 5.88 Å². The first-order valence-corrected chi connectivity index (χ1v) is 11.1. The van der Waals surface area contributed by atoms with E-state index in [1.807, 2.05) is 0 Å². The molecule has 0 bridgehead atoms. The van der Waals surface area contributed by atoms with E-state index in [1.54, 1.807) is 37.5 Å². The van der Waals surface area contributed by atoms with E-state index < -0.39 is 6.61 Å². The molecule has 0 saturated heterocycles. The molecular formula is C23H33F2N7O. The van der Waals surface area contributed by atoms with Crippen LogP contribution in [0, 0.1) is 5.92 Å². The number of nitrogens with zero attached hydrogens (tertiary/aromatic N) is 4. The molecule has 10 heteroatoms. The van der Waals surface area contributed by atoms with Crippen molar-refractivity contribution in [1.29, 1.82) is 0 Å². The number of rotatable bonds is 5. The van der Waals surface area contributed by atoms with Crippen LogP contribution in [0.1, 0.15) is 45.4 Å². The molecule has 0 aliphatic heterocycles. The Balaban J connectivity index is 0.000000323. The summed E-state index contributed by atoms with van der Waals surface area (Å²) in [4.78, 5) is 4.13. The van der Waals surface area contributed by atoms with Crippen LogP contribution in [-0.4, -0.2) is 46.1 Å². The van der Waals surface area contributed by atoms with Crippen molar-refractivity contribution in [2.75, 3.05) is 19.4 Å². The number of halogens is 2. The highest BCUT2D eigenvalue weighted by molar-refractivity contribution is 5.70. The average molecular weight is 462 g/mol. The van der Waals surface area contributed by atoms with Crippen LogP contribution < -0.4 is 15.8 Å². The van der Waals surface area contributed by atoms with E-state index in [4.69, 9.17) is 0 Å². The van der Waals surface area contributed by atoms with Gasteiger partial charge in [-0.3, -0.25) is 5.10 Å². The number of pyridine rings is 1. The van der Waals surface area contributed by atoms with Crippen molar-refractivity contribution in [2.24, 2.45) is 11.7 Å². The monoisotopic (exact) mass is 461 g/mol. The third-order valence-electron chi connectivity index (χ3n) is 5.20. The first-order chi connectivity index (χ1) is 16.1. The molecule has 1 aliphatic rings. The number of nitrogens with two attached hydrogens (primary N) is 1. The zero-order valence-corrected chi connectivity index (χ0v) is 19.4. The smallest absolute Gasteiger partial charge is 0.388 e. The highest BCUT2D eigenvalue weighted by atomic mass is 19.3. The molecule has 0 unspecified atom stereocenters. The molecule has 1 fully saturated rings. The second kappa shape index (κ2) is 14.1. The van der Waals surface area contributed by atoms with Gasteiger partial charge in [-0.15, -0.1) is 10.2 Å². The van der Waals surface area contributed by atoms with Gasteiger partial charge in [0.15, 0.2) is 0 Å².